The van der Waals surface area contributed by atoms with Gasteiger partial charge in [-0.3, -0.25) is 4.90 Å². The molecule has 1 saturated heterocycles. The van der Waals surface area contributed by atoms with Crippen LogP contribution in [0.15, 0.2) is 18.2 Å². The van der Waals surface area contributed by atoms with E-state index in [1.54, 1.807) is 12.1 Å². The molecule has 4 nitrogen and oxygen atoms in total. The predicted molar refractivity (Wildman–Crippen MR) is 72.5 cm³/mol. The number of hydrogen-bond donors (Lipinski definition) is 1. The van der Waals surface area contributed by atoms with Gasteiger partial charge in [0.25, 0.3) is 0 Å². The van der Waals surface area contributed by atoms with E-state index < -0.39 is 11.4 Å². The highest BCUT2D eigenvalue weighted by atomic mass is 19.1. The molecule has 0 aliphatic carbocycles. The Bertz CT molecular complexity index is 507. The van der Waals surface area contributed by atoms with Crippen molar-refractivity contribution in [2.24, 2.45) is 0 Å². The number of aliphatic hydroxyl groups is 1. The van der Waals surface area contributed by atoms with Crippen molar-refractivity contribution < 1.29 is 14.2 Å². The van der Waals surface area contributed by atoms with Crippen LogP contribution < -0.4 is 0 Å². The molecule has 0 amide bonds. The van der Waals surface area contributed by atoms with E-state index in [2.05, 4.69) is 0 Å². The molecule has 0 bridgehead atoms. The van der Waals surface area contributed by atoms with Crippen LogP contribution in [0.2, 0.25) is 0 Å². The molecule has 0 aromatic heterocycles. The number of rotatable bonds is 4. The lowest BCUT2D eigenvalue weighted by Gasteiger charge is -2.35. The molecule has 20 heavy (non-hydrogen) atoms. The van der Waals surface area contributed by atoms with Crippen molar-refractivity contribution in [2.75, 3.05) is 26.8 Å². The normalized spacial score (nSPS) is 17.9. The fraction of sp³-hybridized carbons (Fsp3) is 0.533. The average Bonchev–Trinajstić information content (AvgIpc) is 2.41. The van der Waals surface area contributed by atoms with E-state index in [1.165, 1.54) is 6.07 Å². The van der Waals surface area contributed by atoms with Crippen molar-refractivity contribution in [2.45, 2.75) is 25.0 Å². The van der Waals surface area contributed by atoms with Crippen LogP contribution in [0.1, 0.15) is 24.0 Å². The van der Waals surface area contributed by atoms with Gasteiger partial charge < -0.3 is 9.84 Å². The molecule has 0 unspecified atom stereocenters. The Morgan fingerprint density at radius 1 is 1.45 bits per heavy atom. The smallest absolute Gasteiger partial charge is 0.140 e. The van der Waals surface area contributed by atoms with Crippen molar-refractivity contribution in [3.05, 3.63) is 35.1 Å². The van der Waals surface area contributed by atoms with Gasteiger partial charge in [-0.15, -0.1) is 0 Å². The molecule has 0 atom stereocenters. The van der Waals surface area contributed by atoms with Crippen LogP contribution in [0.25, 0.3) is 0 Å². The van der Waals surface area contributed by atoms with Gasteiger partial charge in [-0.25, -0.2) is 4.39 Å². The summed E-state index contributed by atoms with van der Waals surface area (Å²) in [7, 11) is 1.91. The molecule has 5 heteroatoms. The maximum absolute atomic E-state index is 13.3. The monoisotopic (exact) mass is 278 g/mol. The zero-order chi connectivity index (χ0) is 14.6. The summed E-state index contributed by atoms with van der Waals surface area (Å²) in [6.45, 7) is 2.27. The van der Waals surface area contributed by atoms with Gasteiger partial charge in [-0.05, 0) is 24.7 Å². The van der Waals surface area contributed by atoms with E-state index in [0.717, 1.165) is 5.56 Å². The molecule has 1 heterocycles. The lowest BCUT2D eigenvalue weighted by atomic mass is 9.94. The molecule has 1 fully saturated rings. The van der Waals surface area contributed by atoms with Crippen LogP contribution in [0.3, 0.4) is 0 Å². The van der Waals surface area contributed by atoms with Crippen LogP contribution in [-0.2, 0) is 11.3 Å². The number of hydrogen-bond acceptors (Lipinski definition) is 4. The summed E-state index contributed by atoms with van der Waals surface area (Å²) >= 11 is 0. The molecule has 1 aromatic carbocycles. The highest BCUT2D eigenvalue weighted by Gasteiger charge is 2.30. The SMILES string of the molecule is CN(Cc1ccc(F)c(C#N)c1)CC1(O)CCOCC1. The number of nitriles is 1. The van der Waals surface area contributed by atoms with Crippen molar-refractivity contribution in [3.63, 3.8) is 0 Å². The fourth-order valence-corrected chi connectivity index (χ4v) is 2.54. The summed E-state index contributed by atoms with van der Waals surface area (Å²) in [5, 5.41) is 19.3. The third-order valence-corrected chi connectivity index (χ3v) is 3.59. The third-order valence-electron chi connectivity index (χ3n) is 3.59. The lowest BCUT2D eigenvalue weighted by molar-refractivity contribution is -0.0777. The first-order valence-corrected chi connectivity index (χ1v) is 6.70. The summed E-state index contributed by atoms with van der Waals surface area (Å²) in [5.41, 5.74) is 0.201. The topological polar surface area (TPSA) is 56.5 Å². The Hall–Kier alpha value is -1.48. The van der Waals surface area contributed by atoms with Crippen molar-refractivity contribution in [1.29, 1.82) is 5.26 Å². The second kappa shape index (κ2) is 6.31. The minimum atomic E-state index is -0.717. The summed E-state index contributed by atoms with van der Waals surface area (Å²) in [4.78, 5) is 1.99. The van der Waals surface area contributed by atoms with E-state index in [1.807, 2.05) is 18.0 Å². The van der Waals surface area contributed by atoms with Crippen LogP contribution in [0.5, 0.6) is 0 Å². The van der Waals surface area contributed by atoms with Gasteiger partial charge in [0.2, 0.25) is 0 Å². The summed E-state index contributed by atoms with van der Waals surface area (Å²) in [5.74, 6) is -0.498. The van der Waals surface area contributed by atoms with Crippen LogP contribution >= 0.6 is 0 Å². The van der Waals surface area contributed by atoms with E-state index in [4.69, 9.17) is 10.00 Å². The van der Waals surface area contributed by atoms with Crippen LogP contribution in [0, 0.1) is 17.1 Å². The van der Waals surface area contributed by atoms with Gasteiger partial charge in [0.1, 0.15) is 11.9 Å². The summed E-state index contributed by atoms with van der Waals surface area (Å²) in [6, 6.07) is 6.37. The maximum Gasteiger partial charge on any atom is 0.140 e. The molecule has 0 spiro atoms. The Kier molecular flexibility index (Phi) is 4.71. The largest absolute Gasteiger partial charge is 0.388 e. The van der Waals surface area contributed by atoms with Crippen molar-refractivity contribution in [1.82, 2.24) is 4.90 Å². The number of benzene rings is 1. The zero-order valence-corrected chi connectivity index (χ0v) is 11.6. The van der Waals surface area contributed by atoms with E-state index in [0.29, 0.717) is 39.1 Å². The number of ether oxygens (including phenoxy) is 1. The maximum atomic E-state index is 13.3. The second-order valence-electron chi connectivity index (χ2n) is 5.44. The predicted octanol–water partition coefficient (Wildman–Crippen LogP) is 1.67. The average molecular weight is 278 g/mol. The minimum Gasteiger partial charge on any atom is -0.388 e. The number of likely N-dealkylation sites (N-methyl/N-ethyl adjacent to an activating group) is 1. The lowest BCUT2D eigenvalue weighted by Crippen LogP contribution is -2.45. The molecule has 1 aliphatic rings. The Labute approximate surface area is 118 Å². The second-order valence-corrected chi connectivity index (χ2v) is 5.44. The summed E-state index contributed by atoms with van der Waals surface area (Å²) < 4.78 is 18.5. The van der Waals surface area contributed by atoms with E-state index >= 15 is 0 Å². The molecule has 0 saturated carbocycles. The first-order chi connectivity index (χ1) is 9.52. The highest BCUT2D eigenvalue weighted by molar-refractivity contribution is 5.34. The van der Waals surface area contributed by atoms with Gasteiger partial charge >= 0.3 is 0 Å². The first kappa shape index (κ1) is 14.9. The number of nitrogens with zero attached hydrogens (tertiary/aromatic N) is 2. The van der Waals surface area contributed by atoms with E-state index in [9.17, 15) is 9.50 Å². The molecule has 2 rings (SSSR count). The van der Waals surface area contributed by atoms with Gasteiger partial charge in [0.15, 0.2) is 0 Å². The van der Waals surface area contributed by atoms with Gasteiger partial charge in [0, 0.05) is 39.1 Å². The molecule has 1 aromatic rings. The molecule has 0 radical (unpaired) electrons. The molecule has 108 valence electrons. The number of halogens is 1. The highest BCUT2D eigenvalue weighted by Crippen LogP contribution is 2.22. The summed E-state index contributed by atoms with van der Waals surface area (Å²) in [6.07, 6.45) is 1.26. The van der Waals surface area contributed by atoms with E-state index in [-0.39, 0.29) is 5.56 Å². The Morgan fingerprint density at radius 2 is 2.15 bits per heavy atom. The van der Waals surface area contributed by atoms with Crippen molar-refractivity contribution in [3.8, 4) is 6.07 Å². The quantitative estimate of drug-likeness (QED) is 0.910. The van der Waals surface area contributed by atoms with Crippen LogP contribution in [0.4, 0.5) is 4.39 Å². The fourth-order valence-electron chi connectivity index (χ4n) is 2.54. The zero-order valence-electron chi connectivity index (χ0n) is 11.6. The molecular formula is C15H19FN2O2. The molecule has 1 aliphatic heterocycles. The Morgan fingerprint density at radius 3 is 2.80 bits per heavy atom. The van der Waals surface area contributed by atoms with Gasteiger partial charge in [-0.1, -0.05) is 6.07 Å². The minimum absolute atomic E-state index is 0.0562. The van der Waals surface area contributed by atoms with Gasteiger partial charge in [-0.2, -0.15) is 5.26 Å². The van der Waals surface area contributed by atoms with Crippen molar-refractivity contribution >= 4 is 0 Å². The van der Waals surface area contributed by atoms with Gasteiger partial charge in [0.05, 0.1) is 11.2 Å². The van der Waals surface area contributed by atoms with Crippen LogP contribution in [-0.4, -0.2) is 42.4 Å². The molecular weight excluding hydrogens is 259 g/mol. The molecule has 1 N–H and O–H groups in total. The standard InChI is InChI=1S/C15H19FN2O2/c1-18(11-15(19)4-6-20-7-5-15)10-12-2-3-14(16)13(8-12)9-17/h2-3,8,19H,4-7,10-11H2,1H3. The Balaban J connectivity index is 1.97. The third kappa shape index (κ3) is 3.76. The first-order valence-electron chi connectivity index (χ1n) is 6.70.